The first-order valence-corrected chi connectivity index (χ1v) is 10.8. The molecule has 160 valence electrons. The lowest BCUT2D eigenvalue weighted by Crippen LogP contribution is -2.46. The molecule has 1 aliphatic carbocycles. The van der Waals surface area contributed by atoms with Gasteiger partial charge >= 0.3 is 7.05 Å². The summed E-state index contributed by atoms with van der Waals surface area (Å²) in [5.74, 6) is -1.83. The second kappa shape index (κ2) is 8.60. The summed E-state index contributed by atoms with van der Waals surface area (Å²) in [7, 11) is -4.16. The van der Waals surface area contributed by atoms with Crippen LogP contribution in [0, 0.1) is 11.6 Å². The lowest BCUT2D eigenvalue weighted by Gasteiger charge is -2.22. The Labute approximate surface area is 178 Å². The molecule has 0 spiro atoms. The summed E-state index contributed by atoms with van der Waals surface area (Å²) in [6.07, 6.45) is 0.511. The zero-order valence-corrected chi connectivity index (χ0v) is 17.7. The van der Waals surface area contributed by atoms with Gasteiger partial charge in [-0.1, -0.05) is 11.6 Å². The highest BCUT2D eigenvalue weighted by Gasteiger charge is 2.35. The number of halogens is 3. The molecule has 0 saturated carbocycles. The van der Waals surface area contributed by atoms with Gasteiger partial charge in [-0.2, -0.15) is 13.1 Å². The number of hydrogen-bond donors (Lipinski definition) is 3. The van der Waals surface area contributed by atoms with E-state index in [-0.39, 0.29) is 34.7 Å². The van der Waals surface area contributed by atoms with Crippen molar-refractivity contribution in [3.8, 4) is 0 Å². The molecule has 7 nitrogen and oxygen atoms in total. The van der Waals surface area contributed by atoms with Gasteiger partial charge < -0.3 is 10.3 Å². The molecule has 0 fully saturated rings. The Morgan fingerprint density at radius 3 is 2.57 bits per heavy atom. The van der Waals surface area contributed by atoms with Crippen LogP contribution in [0.3, 0.4) is 0 Å². The zero-order valence-electron chi connectivity index (χ0n) is 16.1. The molecule has 0 aromatic heterocycles. The van der Waals surface area contributed by atoms with Gasteiger partial charge in [-0.25, -0.2) is 13.0 Å². The molecular weight excluding hydrogens is 439 g/mol. The minimum Gasteiger partial charge on any atom is -0.437 e. The predicted octanol–water partition coefficient (Wildman–Crippen LogP) is 2.73. The first kappa shape index (κ1) is 22.6. The number of amides is 1. The maximum Gasteiger partial charge on any atom is 0.391 e. The van der Waals surface area contributed by atoms with Gasteiger partial charge in [0.05, 0.1) is 11.1 Å². The summed E-state index contributed by atoms with van der Waals surface area (Å²) in [5.41, 5.74) is 0.908. The lowest BCUT2D eigenvalue weighted by molar-refractivity contribution is 0.102. The summed E-state index contributed by atoms with van der Waals surface area (Å²) in [5, 5.41) is 11.9. The van der Waals surface area contributed by atoms with Crippen LogP contribution in [-0.2, 0) is 16.6 Å². The van der Waals surface area contributed by atoms with Gasteiger partial charge in [0.1, 0.15) is 11.6 Å². The first-order valence-electron chi connectivity index (χ1n) is 9.02. The minimum absolute atomic E-state index is 0.0855. The van der Waals surface area contributed by atoms with Crippen molar-refractivity contribution in [2.24, 2.45) is 0 Å². The van der Waals surface area contributed by atoms with Crippen LogP contribution in [0.25, 0.3) is 0 Å². The van der Waals surface area contributed by atoms with Crippen LogP contribution in [0.15, 0.2) is 30.3 Å². The van der Waals surface area contributed by atoms with Gasteiger partial charge in [0, 0.05) is 16.8 Å². The Morgan fingerprint density at radius 2 is 1.93 bits per heavy atom. The van der Waals surface area contributed by atoms with Crippen LogP contribution in [0.4, 0.5) is 14.5 Å². The molecule has 0 heterocycles. The van der Waals surface area contributed by atoms with E-state index in [0.717, 1.165) is 16.3 Å². The van der Waals surface area contributed by atoms with Gasteiger partial charge in [0.15, 0.2) is 0 Å². The van der Waals surface area contributed by atoms with E-state index in [1.165, 1.54) is 32.1 Å². The third-order valence-corrected chi connectivity index (χ3v) is 6.89. The molecule has 12 heteroatoms. The van der Waals surface area contributed by atoms with Crippen LogP contribution >= 0.6 is 11.6 Å². The molecule has 0 unspecified atom stereocenters. The van der Waals surface area contributed by atoms with Crippen LogP contribution in [0.2, 0.25) is 11.8 Å². The lowest BCUT2D eigenvalue weighted by atomic mass is 9.90. The van der Waals surface area contributed by atoms with E-state index in [2.05, 4.69) is 10.0 Å². The Balaban J connectivity index is 1.89. The zero-order chi connectivity index (χ0) is 22.2. The number of hydrogen-bond acceptors (Lipinski definition) is 4. The van der Waals surface area contributed by atoms with Gasteiger partial charge in [-0.15, -0.1) is 0 Å². The number of fused-ring (bicyclic) bond motifs is 1. The third-order valence-electron chi connectivity index (χ3n) is 4.95. The van der Waals surface area contributed by atoms with Crippen molar-refractivity contribution in [3.05, 3.63) is 63.7 Å². The predicted molar refractivity (Wildman–Crippen MR) is 110 cm³/mol. The van der Waals surface area contributed by atoms with Crippen molar-refractivity contribution in [1.82, 2.24) is 8.94 Å². The number of nitrogens with zero attached hydrogens (tertiary/aromatic N) is 1. The number of anilines is 1. The van der Waals surface area contributed by atoms with E-state index in [1.54, 1.807) is 0 Å². The average molecular weight is 458 g/mol. The van der Waals surface area contributed by atoms with E-state index in [9.17, 15) is 27.0 Å². The highest BCUT2D eigenvalue weighted by Crippen LogP contribution is 2.36. The van der Waals surface area contributed by atoms with E-state index in [0.29, 0.717) is 5.56 Å². The summed E-state index contributed by atoms with van der Waals surface area (Å²) in [6.45, 7) is 1.28. The van der Waals surface area contributed by atoms with Crippen molar-refractivity contribution in [3.63, 3.8) is 0 Å². The van der Waals surface area contributed by atoms with Crippen LogP contribution < -0.4 is 10.0 Å². The maximum atomic E-state index is 14.6. The van der Waals surface area contributed by atoms with E-state index in [1.807, 2.05) is 0 Å². The Hall–Kier alpha value is -2.05. The second-order valence-corrected chi connectivity index (χ2v) is 9.10. The molecule has 0 bridgehead atoms. The monoisotopic (exact) mass is 457 g/mol. The normalized spacial score (nSPS) is 15.9. The molecule has 3 rings (SSSR count). The van der Waals surface area contributed by atoms with Crippen LogP contribution in [0.5, 0.6) is 0 Å². The van der Waals surface area contributed by atoms with E-state index in [4.69, 9.17) is 11.6 Å². The minimum atomic E-state index is -4.08. The smallest absolute Gasteiger partial charge is 0.391 e. The van der Waals surface area contributed by atoms with Crippen LogP contribution in [0.1, 0.15) is 33.9 Å². The summed E-state index contributed by atoms with van der Waals surface area (Å²) < 4.78 is 55.7. The molecule has 30 heavy (non-hydrogen) atoms. The average Bonchev–Trinajstić information content (AvgIpc) is 3.08. The Morgan fingerprint density at radius 1 is 1.27 bits per heavy atom. The van der Waals surface area contributed by atoms with Crippen molar-refractivity contribution in [2.45, 2.75) is 25.7 Å². The molecule has 1 amide bonds. The number of carbonyl (C=O) groups excluding carboxylic acids is 1. The van der Waals surface area contributed by atoms with Crippen molar-refractivity contribution < 1.29 is 27.0 Å². The quantitative estimate of drug-likeness (QED) is 0.581. The van der Waals surface area contributed by atoms with Crippen molar-refractivity contribution >= 4 is 40.5 Å². The van der Waals surface area contributed by atoms with Crippen molar-refractivity contribution in [2.75, 3.05) is 12.4 Å². The second-order valence-electron chi connectivity index (χ2n) is 6.93. The fraction of sp³-hybridized carbons (Fsp3) is 0.278. The number of rotatable bonds is 6. The summed E-state index contributed by atoms with van der Waals surface area (Å²) >= 11 is 5.72. The molecule has 0 saturated heterocycles. The van der Waals surface area contributed by atoms with E-state index >= 15 is 0 Å². The first-order chi connectivity index (χ1) is 14.0. The molecular formula is C18H19BClF2N3O4S. The molecule has 0 radical (unpaired) electrons. The fourth-order valence-electron chi connectivity index (χ4n) is 3.28. The molecule has 2 aromatic carbocycles. The van der Waals surface area contributed by atoms with Gasteiger partial charge in [-0.05, 0) is 62.6 Å². The largest absolute Gasteiger partial charge is 0.437 e. The Kier molecular flexibility index (Phi) is 6.49. The van der Waals surface area contributed by atoms with Crippen molar-refractivity contribution in [1.29, 1.82) is 0 Å². The van der Waals surface area contributed by atoms with Gasteiger partial charge in [-0.3, -0.25) is 4.79 Å². The standard InChI is InChI=1S/C18H19BClF2N3O4S/c1-19(27)25(2)30(28,29)24-16-8-5-11-12(4-7-15(22)17(11)16)18(26)23-10-3-6-14(21)13(20)9-10/h3-4,6-7,9,16,24,27H,5,8H2,1-2H3,(H,23,26)/t16-/m0/s1. The number of nitrogens with one attached hydrogen (secondary N) is 2. The van der Waals surface area contributed by atoms with Gasteiger partial charge in [0.2, 0.25) is 0 Å². The molecule has 1 aliphatic rings. The fourth-order valence-corrected chi connectivity index (χ4v) is 4.63. The molecule has 0 aliphatic heterocycles. The maximum absolute atomic E-state index is 14.6. The molecule has 3 N–H and O–H groups in total. The highest BCUT2D eigenvalue weighted by atomic mass is 35.5. The third kappa shape index (κ3) is 4.50. The summed E-state index contributed by atoms with van der Waals surface area (Å²) in [6, 6.07) is 5.21. The van der Waals surface area contributed by atoms with E-state index < -0.39 is 40.8 Å². The summed E-state index contributed by atoms with van der Waals surface area (Å²) in [4.78, 5) is 12.7. The SMILES string of the molecule is CB(O)N(C)S(=O)(=O)N[C@H]1CCc2c(C(=O)Nc3ccc(F)c(Cl)c3)ccc(F)c21. The van der Waals surface area contributed by atoms with Gasteiger partial charge in [0.25, 0.3) is 16.1 Å². The highest BCUT2D eigenvalue weighted by molar-refractivity contribution is 7.88. The molecule has 1 atom stereocenters. The topological polar surface area (TPSA) is 98.7 Å². The number of benzene rings is 2. The molecule has 2 aromatic rings. The van der Waals surface area contributed by atoms with Crippen LogP contribution in [-0.4, -0.2) is 37.7 Å². The number of carbonyl (C=O) groups is 1. The Bertz CT molecular complexity index is 1100.